The second kappa shape index (κ2) is 7.12. The Balaban J connectivity index is 1.54. The topological polar surface area (TPSA) is 30.3 Å². The van der Waals surface area contributed by atoms with Gasteiger partial charge in [-0.05, 0) is 64.4 Å². The zero-order chi connectivity index (χ0) is 15.4. The minimum Gasteiger partial charge on any atom is -0.298 e. The average molecular weight is 318 g/mol. The third-order valence-corrected chi connectivity index (χ3v) is 6.03. The van der Waals surface area contributed by atoms with Gasteiger partial charge < -0.3 is 0 Å². The molecule has 22 heavy (non-hydrogen) atoms. The molecule has 3 rings (SSSR count). The van der Waals surface area contributed by atoms with Crippen LogP contribution in [0.25, 0.3) is 0 Å². The van der Waals surface area contributed by atoms with Crippen molar-refractivity contribution in [2.45, 2.75) is 52.1 Å². The largest absolute Gasteiger partial charge is 0.298 e. The monoisotopic (exact) mass is 317 g/mol. The summed E-state index contributed by atoms with van der Waals surface area (Å²) < 4.78 is 0. The summed E-state index contributed by atoms with van der Waals surface area (Å²) >= 11 is 1.96. The highest BCUT2D eigenvalue weighted by molar-refractivity contribution is 7.11. The van der Waals surface area contributed by atoms with Crippen LogP contribution in [-0.2, 0) is 13.1 Å². The van der Waals surface area contributed by atoms with Crippen molar-refractivity contribution in [2.24, 2.45) is 5.41 Å². The fourth-order valence-electron chi connectivity index (χ4n) is 3.72. The lowest BCUT2D eigenvalue weighted by Gasteiger charge is -2.35. The van der Waals surface area contributed by atoms with Gasteiger partial charge in [0.1, 0.15) is 0 Å². The van der Waals surface area contributed by atoms with Crippen LogP contribution in [0.1, 0.15) is 48.8 Å². The second-order valence-corrected chi connectivity index (χ2v) is 8.44. The second-order valence-electron chi connectivity index (χ2n) is 7.19. The third-order valence-electron chi connectivity index (χ3n) is 4.97. The first-order valence-corrected chi connectivity index (χ1v) is 9.42. The van der Waals surface area contributed by atoms with Crippen molar-refractivity contribution in [1.29, 1.82) is 5.26 Å². The molecule has 2 aliphatic heterocycles. The molecule has 0 saturated carbocycles. The number of hydrogen-bond donors (Lipinski definition) is 0. The summed E-state index contributed by atoms with van der Waals surface area (Å²) in [4.78, 5) is 8.00. The van der Waals surface area contributed by atoms with E-state index in [1.165, 1.54) is 42.1 Å². The molecule has 2 aliphatic rings. The molecule has 1 atom stereocenters. The molecular formula is C18H27N3S. The maximum atomic E-state index is 9.34. The maximum absolute atomic E-state index is 9.34. The van der Waals surface area contributed by atoms with Gasteiger partial charge in [0.2, 0.25) is 0 Å². The van der Waals surface area contributed by atoms with Crippen LogP contribution >= 0.6 is 11.3 Å². The smallest absolute Gasteiger partial charge is 0.0700 e. The molecule has 2 fully saturated rings. The zero-order valence-corrected chi connectivity index (χ0v) is 14.5. The van der Waals surface area contributed by atoms with E-state index in [0.29, 0.717) is 0 Å². The minimum atomic E-state index is -0.147. The van der Waals surface area contributed by atoms with E-state index in [9.17, 15) is 5.26 Å². The lowest BCUT2D eigenvalue weighted by Crippen LogP contribution is -2.40. The van der Waals surface area contributed by atoms with Crippen LogP contribution in [0, 0.1) is 16.7 Å². The van der Waals surface area contributed by atoms with Gasteiger partial charge in [-0.2, -0.15) is 5.26 Å². The summed E-state index contributed by atoms with van der Waals surface area (Å²) in [5.74, 6) is 0. The van der Waals surface area contributed by atoms with Crippen LogP contribution in [0.2, 0.25) is 0 Å². The van der Waals surface area contributed by atoms with E-state index < -0.39 is 0 Å². The Morgan fingerprint density at radius 2 is 1.68 bits per heavy atom. The molecule has 0 bridgehead atoms. The van der Waals surface area contributed by atoms with Crippen LogP contribution in [0.3, 0.4) is 0 Å². The van der Waals surface area contributed by atoms with Crippen molar-refractivity contribution in [3.05, 3.63) is 21.9 Å². The van der Waals surface area contributed by atoms with Gasteiger partial charge in [0.05, 0.1) is 11.5 Å². The highest BCUT2D eigenvalue weighted by atomic mass is 32.1. The molecule has 2 saturated heterocycles. The fourth-order valence-corrected chi connectivity index (χ4v) is 4.82. The highest BCUT2D eigenvalue weighted by Gasteiger charge is 2.30. The molecule has 0 aromatic carbocycles. The number of likely N-dealkylation sites (tertiary alicyclic amines) is 2. The highest BCUT2D eigenvalue weighted by Crippen LogP contribution is 2.30. The van der Waals surface area contributed by atoms with Crippen LogP contribution < -0.4 is 0 Å². The molecule has 0 N–H and O–H groups in total. The van der Waals surface area contributed by atoms with Crippen molar-refractivity contribution in [2.75, 3.05) is 26.2 Å². The van der Waals surface area contributed by atoms with E-state index in [1.54, 1.807) is 0 Å². The van der Waals surface area contributed by atoms with Crippen molar-refractivity contribution >= 4 is 11.3 Å². The van der Waals surface area contributed by atoms with Crippen LogP contribution in [0.15, 0.2) is 12.1 Å². The van der Waals surface area contributed by atoms with Crippen LogP contribution in [0.5, 0.6) is 0 Å². The Hall–Kier alpha value is -0.890. The first kappa shape index (κ1) is 16.0. The number of nitriles is 1. The Morgan fingerprint density at radius 1 is 1.05 bits per heavy atom. The maximum Gasteiger partial charge on any atom is 0.0700 e. The summed E-state index contributed by atoms with van der Waals surface area (Å²) in [6.07, 6.45) is 6.32. The Labute approximate surface area is 138 Å². The number of rotatable bonds is 4. The lowest BCUT2D eigenvalue weighted by atomic mass is 9.83. The predicted molar refractivity (Wildman–Crippen MR) is 91.7 cm³/mol. The molecular weight excluding hydrogens is 290 g/mol. The summed E-state index contributed by atoms with van der Waals surface area (Å²) in [7, 11) is 0. The molecule has 0 amide bonds. The molecule has 1 aromatic rings. The van der Waals surface area contributed by atoms with Gasteiger partial charge in [-0.3, -0.25) is 9.80 Å². The van der Waals surface area contributed by atoms with Crippen molar-refractivity contribution in [3.63, 3.8) is 0 Å². The number of hydrogen-bond acceptors (Lipinski definition) is 4. The van der Waals surface area contributed by atoms with Gasteiger partial charge in [0.25, 0.3) is 0 Å². The van der Waals surface area contributed by atoms with Crippen molar-refractivity contribution < 1.29 is 0 Å². The van der Waals surface area contributed by atoms with Gasteiger partial charge in [-0.1, -0.05) is 6.42 Å². The van der Waals surface area contributed by atoms with E-state index in [1.807, 2.05) is 11.3 Å². The molecule has 1 aromatic heterocycles. The molecule has 0 aliphatic carbocycles. The number of thiophene rings is 1. The summed E-state index contributed by atoms with van der Waals surface area (Å²) in [5, 5.41) is 9.34. The van der Waals surface area contributed by atoms with Crippen LogP contribution in [0.4, 0.5) is 0 Å². The number of nitrogens with zero attached hydrogens (tertiary/aromatic N) is 3. The first-order valence-electron chi connectivity index (χ1n) is 8.60. The molecule has 3 nitrogen and oxygen atoms in total. The summed E-state index contributed by atoms with van der Waals surface area (Å²) in [6.45, 7) is 8.83. The summed E-state index contributed by atoms with van der Waals surface area (Å²) in [6, 6.07) is 7.11. The summed E-state index contributed by atoms with van der Waals surface area (Å²) in [5.41, 5.74) is -0.147. The molecule has 3 heterocycles. The van der Waals surface area contributed by atoms with Gasteiger partial charge in [0.15, 0.2) is 0 Å². The van der Waals surface area contributed by atoms with Crippen molar-refractivity contribution in [1.82, 2.24) is 9.80 Å². The third kappa shape index (κ3) is 4.10. The molecule has 1 unspecified atom stereocenters. The van der Waals surface area contributed by atoms with E-state index in [4.69, 9.17) is 0 Å². The molecule has 0 radical (unpaired) electrons. The molecule has 0 spiro atoms. The SMILES string of the molecule is CC1(C#N)CCCN(Cc2ccc(CN3CCCCC3)s2)C1. The normalized spacial score (nSPS) is 27.6. The Kier molecular flexibility index (Phi) is 5.18. The first-order chi connectivity index (χ1) is 10.7. The Bertz CT molecular complexity index is 527. The van der Waals surface area contributed by atoms with E-state index in [0.717, 1.165) is 39.0 Å². The Morgan fingerprint density at radius 3 is 2.36 bits per heavy atom. The molecule has 120 valence electrons. The van der Waals surface area contributed by atoms with Gasteiger partial charge in [-0.15, -0.1) is 11.3 Å². The van der Waals surface area contributed by atoms with Gasteiger partial charge in [-0.25, -0.2) is 0 Å². The van der Waals surface area contributed by atoms with E-state index in [2.05, 4.69) is 34.9 Å². The molecule has 4 heteroatoms. The van der Waals surface area contributed by atoms with Crippen LogP contribution in [-0.4, -0.2) is 36.0 Å². The zero-order valence-electron chi connectivity index (χ0n) is 13.7. The quantitative estimate of drug-likeness (QED) is 0.845. The van der Waals surface area contributed by atoms with E-state index in [-0.39, 0.29) is 5.41 Å². The van der Waals surface area contributed by atoms with Gasteiger partial charge in [0, 0.05) is 29.4 Å². The lowest BCUT2D eigenvalue weighted by molar-refractivity contribution is 0.138. The number of piperidine rings is 2. The predicted octanol–water partition coefficient (Wildman–Crippen LogP) is 3.86. The van der Waals surface area contributed by atoms with Gasteiger partial charge >= 0.3 is 0 Å². The standard InChI is InChI=1S/C18H27N3S/c1-18(14-19)8-5-11-21(15-18)13-17-7-6-16(22-17)12-20-9-3-2-4-10-20/h6-7H,2-5,8-13,15H2,1H3. The fraction of sp³-hybridized carbons (Fsp3) is 0.722. The average Bonchev–Trinajstić information content (AvgIpc) is 2.95. The van der Waals surface area contributed by atoms with Crippen molar-refractivity contribution in [3.8, 4) is 6.07 Å². The minimum absolute atomic E-state index is 0.147. The van der Waals surface area contributed by atoms with E-state index >= 15 is 0 Å².